The van der Waals surface area contributed by atoms with Crippen LogP contribution < -0.4 is 4.57 Å². The Bertz CT molecular complexity index is 766. The van der Waals surface area contributed by atoms with Crippen molar-refractivity contribution in [3.8, 4) is 5.69 Å². The minimum Gasteiger partial charge on any atom is -0.243 e. The summed E-state index contributed by atoms with van der Waals surface area (Å²) in [6, 6.07) is 15.2. The minimum atomic E-state index is 0.0539. The van der Waals surface area contributed by atoms with Crippen LogP contribution in [0.1, 0.15) is 25.0 Å². The molecule has 0 spiro atoms. The van der Waals surface area contributed by atoms with Crippen molar-refractivity contribution in [3.63, 3.8) is 0 Å². The number of para-hydroxylation sites is 2. The highest BCUT2D eigenvalue weighted by Crippen LogP contribution is 2.39. The van der Waals surface area contributed by atoms with Gasteiger partial charge >= 0.3 is 0 Å². The summed E-state index contributed by atoms with van der Waals surface area (Å²) in [7, 11) is 0. The van der Waals surface area contributed by atoms with Gasteiger partial charge in [-0.3, -0.25) is 0 Å². The zero-order valence-electron chi connectivity index (χ0n) is 10.6. The van der Waals surface area contributed by atoms with E-state index in [1.165, 1.54) is 27.8 Å². The quantitative estimate of drug-likeness (QED) is 0.578. The Hall–Kier alpha value is -2.09. The van der Waals surface area contributed by atoms with Crippen LogP contribution in [0, 0.1) is 0 Å². The van der Waals surface area contributed by atoms with Crippen molar-refractivity contribution in [1.82, 2.24) is 4.98 Å². The number of rotatable bonds is 0. The fourth-order valence-corrected chi connectivity index (χ4v) is 3.17. The third-order valence-electron chi connectivity index (χ3n) is 4.14. The van der Waals surface area contributed by atoms with Crippen LogP contribution in [0.4, 0.5) is 0 Å². The van der Waals surface area contributed by atoms with Crippen molar-refractivity contribution in [3.05, 3.63) is 59.9 Å². The van der Waals surface area contributed by atoms with E-state index in [-0.39, 0.29) is 5.41 Å². The van der Waals surface area contributed by atoms with Crippen molar-refractivity contribution in [2.24, 2.45) is 0 Å². The Morgan fingerprint density at radius 3 is 2.61 bits per heavy atom. The number of fused-ring (bicyclic) bond motifs is 2. The molecule has 1 aliphatic heterocycles. The number of nitrogens with zero attached hydrogens (tertiary/aromatic N) is 1. The molecule has 2 nitrogen and oxygen atoms in total. The van der Waals surface area contributed by atoms with Crippen LogP contribution in [-0.2, 0) is 5.41 Å². The number of hydrogen-bond donors (Lipinski definition) is 1. The Kier molecular flexibility index (Phi) is 1.66. The van der Waals surface area contributed by atoms with Crippen LogP contribution in [0.15, 0.2) is 48.8 Å². The van der Waals surface area contributed by atoms with Gasteiger partial charge in [-0.05, 0) is 12.1 Å². The lowest BCUT2D eigenvalue weighted by Crippen LogP contribution is -2.40. The molecule has 1 aromatic heterocycles. The van der Waals surface area contributed by atoms with Crippen molar-refractivity contribution in [2.45, 2.75) is 19.3 Å². The van der Waals surface area contributed by atoms with E-state index >= 15 is 0 Å². The average molecular weight is 235 g/mol. The molecule has 0 amide bonds. The SMILES string of the molecule is CC1(C)c2ccccc2-[n+]2c[nH]c3cccc1c32. The van der Waals surface area contributed by atoms with E-state index in [2.05, 4.69) is 72.2 Å². The predicted molar refractivity (Wildman–Crippen MR) is 72.0 cm³/mol. The second-order valence-electron chi connectivity index (χ2n) is 5.49. The number of nitrogens with one attached hydrogen (secondary N) is 1. The molecular formula is C16H15N2+. The third-order valence-corrected chi connectivity index (χ3v) is 4.14. The first-order valence-electron chi connectivity index (χ1n) is 6.32. The largest absolute Gasteiger partial charge is 0.247 e. The lowest BCUT2D eigenvalue weighted by molar-refractivity contribution is -0.569. The summed E-state index contributed by atoms with van der Waals surface area (Å²) in [5.41, 5.74) is 6.62. The topological polar surface area (TPSA) is 19.7 Å². The highest BCUT2D eigenvalue weighted by Gasteiger charge is 2.36. The Labute approximate surface area is 106 Å². The summed E-state index contributed by atoms with van der Waals surface area (Å²) in [6.07, 6.45) is 2.06. The number of imidazole rings is 1. The van der Waals surface area contributed by atoms with E-state index < -0.39 is 0 Å². The molecule has 88 valence electrons. The molecule has 0 atom stereocenters. The Morgan fingerprint density at radius 2 is 1.72 bits per heavy atom. The molecule has 4 rings (SSSR count). The summed E-state index contributed by atoms with van der Waals surface area (Å²) in [4.78, 5) is 3.36. The smallest absolute Gasteiger partial charge is 0.243 e. The maximum absolute atomic E-state index is 3.36. The molecule has 3 aromatic rings. The molecule has 2 heteroatoms. The molecule has 1 aliphatic rings. The fourth-order valence-electron chi connectivity index (χ4n) is 3.17. The van der Waals surface area contributed by atoms with E-state index in [4.69, 9.17) is 0 Å². The molecule has 2 aromatic carbocycles. The van der Waals surface area contributed by atoms with Gasteiger partial charge in [0.2, 0.25) is 6.33 Å². The first kappa shape index (κ1) is 9.89. The molecule has 0 saturated carbocycles. The molecule has 0 saturated heterocycles. The van der Waals surface area contributed by atoms with Gasteiger partial charge in [-0.15, -0.1) is 0 Å². The number of aromatic nitrogens is 2. The van der Waals surface area contributed by atoms with Gasteiger partial charge in [-0.1, -0.05) is 44.2 Å². The molecule has 0 aliphatic carbocycles. The van der Waals surface area contributed by atoms with Crippen molar-refractivity contribution in [2.75, 3.05) is 0 Å². The second kappa shape index (κ2) is 3.02. The molecule has 0 unspecified atom stereocenters. The zero-order valence-corrected chi connectivity index (χ0v) is 10.6. The highest BCUT2D eigenvalue weighted by atomic mass is 15.1. The maximum Gasteiger partial charge on any atom is 0.247 e. The van der Waals surface area contributed by atoms with E-state index in [1.54, 1.807) is 0 Å². The van der Waals surface area contributed by atoms with Gasteiger partial charge in [0.15, 0.2) is 11.0 Å². The van der Waals surface area contributed by atoms with Gasteiger partial charge in [0, 0.05) is 16.5 Å². The van der Waals surface area contributed by atoms with E-state index in [9.17, 15) is 0 Å². The van der Waals surface area contributed by atoms with Gasteiger partial charge in [0.25, 0.3) is 0 Å². The van der Waals surface area contributed by atoms with E-state index in [0.717, 1.165) is 0 Å². The summed E-state index contributed by atoms with van der Waals surface area (Å²) in [5.74, 6) is 0. The monoisotopic (exact) mass is 235 g/mol. The Balaban J connectivity index is 2.27. The summed E-state index contributed by atoms with van der Waals surface area (Å²) in [5, 5.41) is 0. The number of aromatic amines is 1. The van der Waals surface area contributed by atoms with Crippen LogP contribution in [0.2, 0.25) is 0 Å². The molecule has 1 N–H and O–H groups in total. The molecule has 0 bridgehead atoms. The molecule has 2 heterocycles. The number of hydrogen-bond acceptors (Lipinski definition) is 0. The van der Waals surface area contributed by atoms with E-state index in [0.29, 0.717) is 0 Å². The van der Waals surface area contributed by atoms with E-state index in [1.807, 2.05) is 0 Å². The number of H-pyrrole nitrogens is 1. The summed E-state index contributed by atoms with van der Waals surface area (Å²) < 4.78 is 2.27. The minimum absolute atomic E-state index is 0.0539. The van der Waals surface area contributed by atoms with Crippen molar-refractivity contribution in [1.29, 1.82) is 0 Å². The lowest BCUT2D eigenvalue weighted by Gasteiger charge is -2.30. The molecule has 0 fully saturated rings. The van der Waals surface area contributed by atoms with Gasteiger partial charge in [-0.25, -0.2) is 4.98 Å². The van der Waals surface area contributed by atoms with Crippen molar-refractivity contribution >= 4 is 11.0 Å². The number of benzene rings is 2. The van der Waals surface area contributed by atoms with Crippen LogP contribution in [-0.4, -0.2) is 4.98 Å². The first-order valence-corrected chi connectivity index (χ1v) is 6.32. The van der Waals surface area contributed by atoms with Crippen LogP contribution >= 0.6 is 0 Å². The third kappa shape index (κ3) is 1.01. The average Bonchev–Trinajstić information content (AvgIpc) is 2.81. The molecule has 18 heavy (non-hydrogen) atoms. The van der Waals surface area contributed by atoms with Gasteiger partial charge in [0.05, 0.1) is 0 Å². The fraction of sp³-hybridized carbons (Fsp3) is 0.188. The maximum atomic E-state index is 3.36. The summed E-state index contributed by atoms with van der Waals surface area (Å²) in [6.45, 7) is 4.61. The predicted octanol–water partition coefficient (Wildman–Crippen LogP) is 3.08. The van der Waals surface area contributed by atoms with Gasteiger partial charge in [-0.2, -0.15) is 4.57 Å². The summed E-state index contributed by atoms with van der Waals surface area (Å²) >= 11 is 0. The molecule has 0 radical (unpaired) electrons. The normalized spacial score (nSPS) is 15.7. The van der Waals surface area contributed by atoms with Crippen LogP contribution in [0.3, 0.4) is 0 Å². The second-order valence-corrected chi connectivity index (χ2v) is 5.49. The Morgan fingerprint density at radius 1 is 0.944 bits per heavy atom. The van der Waals surface area contributed by atoms with Gasteiger partial charge in [0.1, 0.15) is 5.69 Å². The van der Waals surface area contributed by atoms with Crippen LogP contribution in [0.25, 0.3) is 16.7 Å². The lowest BCUT2D eigenvalue weighted by atomic mass is 9.75. The van der Waals surface area contributed by atoms with Crippen LogP contribution in [0.5, 0.6) is 0 Å². The standard InChI is InChI=1S/C16H14N2/c1-16(2)11-6-3-4-9-14(11)18-10-17-13-8-5-7-12(16)15(13)18/h3-10H,1-2H3/p+1. The highest BCUT2D eigenvalue weighted by molar-refractivity contribution is 5.79. The molecular weight excluding hydrogens is 220 g/mol. The van der Waals surface area contributed by atoms with Crippen molar-refractivity contribution < 1.29 is 4.57 Å². The van der Waals surface area contributed by atoms with Gasteiger partial charge < -0.3 is 0 Å². The zero-order chi connectivity index (χ0) is 12.3. The first-order chi connectivity index (χ1) is 8.69.